The number of nitrogen functional groups attached to an aromatic ring is 1. The van der Waals surface area contributed by atoms with Crippen LogP contribution in [0.15, 0.2) is 11.2 Å². The molecule has 5 heteroatoms. The van der Waals surface area contributed by atoms with Gasteiger partial charge in [0.25, 0.3) is 0 Å². The van der Waals surface area contributed by atoms with E-state index in [4.69, 9.17) is 5.73 Å². The van der Waals surface area contributed by atoms with Crippen LogP contribution in [0.2, 0.25) is 0 Å². The van der Waals surface area contributed by atoms with Crippen LogP contribution in [0.5, 0.6) is 0 Å². The molecule has 0 aliphatic carbocycles. The second kappa shape index (κ2) is 5.94. The molecule has 1 aromatic rings. The van der Waals surface area contributed by atoms with Crippen LogP contribution in [0.3, 0.4) is 0 Å². The van der Waals surface area contributed by atoms with Crippen LogP contribution in [0.4, 0.5) is 11.6 Å². The van der Waals surface area contributed by atoms with Gasteiger partial charge in [0.15, 0.2) is 5.16 Å². The Morgan fingerprint density at radius 3 is 2.62 bits per heavy atom. The Morgan fingerprint density at radius 2 is 2.12 bits per heavy atom. The van der Waals surface area contributed by atoms with E-state index in [1.54, 1.807) is 6.07 Å². The number of hydrogen-bond donors (Lipinski definition) is 2. The molecular weight excluding hydrogens is 220 g/mol. The van der Waals surface area contributed by atoms with Crippen molar-refractivity contribution in [2.45, 2.75) is 38.4 Å². The second-order valence-corrected chi connectivity index (χ2v) is 4.84. The molecule has 0 aliphatic rings. The topological polar surface area (TPSA) is 63.8 Å². The number of nitrogens with two attached hydrogens (primary N) is 1. The van der Waals surface area contributed by atoms with Crippen LogP contribution in [0.25, 0.3) is 0 Å². The van der Waals surface area contributed by atoms with Gasteiger partial charge in [-0.3, -0.25) is 0 Å². The van der Waals surface area contributed by atoms with Crippen molar-refractivity contribution in [3.8, 4) is 0 Å². The van der Waals surface area contributed by atoms with Gasteiger partial charge in [-0.1, -0.05) is 32.5 Å². The minimum atomic E-state index is 0.420. The predicted molar refractivity (Wildman–Crippen MR) is 70.8 cm³/mol. The van der Waals surface area contributed by atoms with Crippen molar-refractivity contribution < 1.29 is 0 Å². The third-order valence-electron chi connectivity index (χ3n) is 2.49. The van der Waals surface area contributed by atoms with E-state index in [-0.39, 0.29) is 0 Å². The zero-order chi connectivity index (χ0) is 12.1. The highest BCUT2D eigenvalue weighted by atomic mass is 32.2. The summed E-state index contributed by atoms with van der Waals surface area (Å²) in [7, 11) is 0. The molecule has 1 atom stereocenters. The van der Waals surface area contributed by atoms with Crippen molar-refractivity contribution in [1.82, 2.24) is 9.97 Å². The summed E-state index contributed by atoms with van der Waals surface area (Å²) < 4.78 is 0. The van der Waals surface area contributed by atoms with E-state index in [2.05, 4.69) is 36.1 Å². The van der Waals surface area contributed by atoms with Crippen LogP contribution in [-0.4, -0.2) is 22.3 Å². The van der Waals surface area contributed by atoms with Gasteiger partial charge in [-0.2, -0.15) is 0 Å². The first kappa shape index (κ1) is 13.1. The normalized spacial score (nSPS) is 12.8. The third kappa shape index (κ3) is 3.56. The van der Waals surface area contributed by atoms with E-state index in [1.807, 2.05) is 6.26 Å². The number of nitrogens with zero attached hydrogens (tertiary/aromatic N) is 2. The first-order chi connectivity index (χ1) is 7.56. The molecule has 4 nitrogen and oxygen atoms in total. The lowest BCUT2D eigenvalue weighted by molar-refractivity contribution is 0.509. The van der Waals surface area contributed by atoms with E-state index in [0.717, 1.165) is 12.2 Å². The SMILES string of the molecule is CCC(Nc1cc(N)nc(SC)n1)C(C)C. The largest absolute Gasteiger partial charge is 0.383 e. The third-order valence-corrected chi connectivity index (χ3v) is 3.03. The van der Waals surface area contributed by atoms with Crippen molar-refractivity contribution >= 4 is 23.4 Å². The van der Waals surface area contributed by atoms with Gasteiger partial charge in [0.1, 0.15) is 11.6 Å². The van der Waals surface area contributed by atoms with E-state index in [1.165, 1.54) is 11.8 Å². The van der Waals surface area contributed by atoms with Crippen LogP contribution in [0.1, 0.15) is 27.2 Å². The van der Waals surface area contributed by atoms with E-state index in [9.17, 15) is 0 Å². The lowest BCUT2D eigenvalue weighted by Gasteiger charge is -2.21. The van der Waals surface area contributed by atoms with Crippen LogP contribution >= 0.6 is 11.8 Å². The zero-order valence-corrected chi connectivity index (χ0v) is 11.1. The molecule has 0 saturated carbocycles. The fourth-order valence-electron chi connectivity index (χ4n) is 1.54. The van der Waals surface area contributed by atoms with Gasteiger partial charge in [0.2, 0.25) is 0 Å². The highest BCUT2D eigenvalue weighted by molar-refractivity contribution is 7.98. The molecule has 0 amide bonds. The molecule has 0 aliphatic heterocycles. The minimum Gasteiger partial charge on any atom is -0.383 e. The molecule has 90 valence electrons. The number of anilines is 2. The fourth-order valence-corrected chi connectivity index (χ4v) is 1.92. The highest BCUT2D eigenvalue weighted by Crippen LogP contribution is 2.18. The standard InChI is InChI=1S/C11H20N4S/c1-5-8(7(2)3)13-10-6-9(12)14-11(15-10)16-4/h6-8H,5H2,1-4H3,(H3,12,13,14,15). The molecule has 16 heavy (non-hydrogen) atoms. The summed E-state index contributed by atoms with van der Waals surface area (Å²) in [6.07, 6.45) is 3.01. The number of nitrogens with one attached hydrogen (secondary N) is 1. The predicted octanol–water partition coefficient (Wildman–Crippen LogP) is 2.63. The van der Waals surface area contributed by atoms with E-state index < -0.39 is 0 Å². The quantitative estimate of drug-likeness (QED) is 0.612. The smallest absolute Gasteiger partial charge is 0.191 e. The molecule has 1 heterocycles. The summed E-state index contributed by atoms with van der Waals surface area (Å²) in [5.41, 5.74) is 5.72. The summed E-state index contributed by atoms with van der Waals surface area (Å²) in [4.78, 5) is 8.50. The first-order valence-corrected chi connectivity index (χ1v) is 6.74. The van der Waals surface area contributed by atoms with Gasteiger partial charge in [0, 0.05) is 12.1 Å². The average Bonchev–Trinajstić information content (AvgIpc) is 2.24. The van der Waals surface area contributed by atoms with Gasteiger partial charge < -0.3 is 11.1 Å². The van der Waals surface area contributed by atoms with E-state index in [0.29, 0.717) is 22.9 Å². The average molecular weight is 240 g/mol. The lowest BCUT2D eigenvalue weighted by atomic mass is 10.0. The van der Waals surface area contributed by atoms with Crippen molar-refractivity contribution in [2.24, 2.45) is 5.92 Å². The maximum absolute atomic E-state index is 5.72. The van der Waals surface area contributed by atoms with Gasteiger partial charge in [-0.25, -0.2) is 9.97 Å². The maximum atomic E-state index is 5.72. The molecule has 0 saturated heterocycles. The molecule has 0 spiro atoms. The molecule has 0 radical (unpaired) electrons. The Labute approximate surface area is 101 Å². The van der Waals surface area contributed by atoms with Crippen molar-refractivity contribution in [1.29, 1.82) is 0 Å². The van der Waals surface area contributed by atoms with E-state index >= 15 is 0 Å². The molecule has 0 aromatic carbocycles. The number of thioether (sulfide) groups is 1. The Balaban J connectivity index is 2.83. The number of aromatic nitrogens is 2. The molecule has 1 aromatic heterocycles. The van der Waals surface area contributed by atoms with Gasteiger partial charge in [0.05, 0.1) is 0 Å². The molecule has 1 unspecified atom stereocenters. The van der Waals surface area contributed by atoms with Crippen molar-refractivity contribution in [3.05, 3.63) is 6.07 Å². The molecule has 1 rings (SSSR count). The van der Waals surface area contributed by atoms with Crippen molar-refractivity contribution in [3.63, 3.8) is 0 Å². The monoisotopic (exact) mass is 240 g/mol. The minimum absolute atomic E-state index is 0.420. The first-order valence-electron chi connectivity index (χ1n) is 5.51. The summed E-state index contributed by atoms with van der Waals surface area (Å²) in [5, 5.41) is 4.11. The summed E-state index contributed by atoms with van der Waals surface area (Å²) >= 11 is 1.50. The summed E-state index contributed by atoms with van der Waals surface area (Å²) in [6, 6.07) is 2.20. The number of hydrogen-bond acceptors (Lipinski definition) is 5. The van der Waals surface area contributed by atoms with Gasteiger partial charge in [-0.05, 0) is 18.6 Å². The summed E-state index contributed by atoms with van der Waals surface area (Å²) in [6.45, 7) is 6.56. The fraction of sp³-hybridized carbons (Fsp3) is 0.636. The summed E-state index contributed by atoms with van der Waals surface area (Å²) in [5.74, 6) is 1.90. The number of rotatable bonds is 5. The Bertz CT molecular complexity index is 341. The second-order valence-electron chi connectivity index (χ2n) is 4.07. The van der Waals surface area contributed by atoms with Crippen molar-refractivity contribution in [2.75, 3.05) is 17.3 Å². The van der Waals surface area contributed by atoms with Crippen LogP contribution in [-0.2, 0) is 0 Å². The maximum Gasteiger partial charge on any atom is 0.191 e. The Kier molecular flexibility index (Phi) is 4.86. The Morgan fingerprint density at radius 1 is 1.44 bits per heavy atom. The van der Waals surface area contributed by atoms with Crippen LogP contribution < -0.4 is 11.1 Å². The van der Waals surface area contributed by atoms with Crippen LogP contribution in [0, 0.1) is 5.92 Å². The lowest BCUT2D eigenvalue weighted by Crippen LogP contribution is -2.25. The molecular formula is C11H20N4S. The zero-order valence-electron chi connectivity index (χ0n) is 10.3. The Hall–Kier alpha value is -0.970. The van der Waals surface area contributed by atoms with Gasteiger partial charge in [-0.15, -0.1) is 0 Å². The molecule has 0 fully saturated rings. The molecule has 0 bridgehead atoms. The molecule has 3 N–H and O–H groups in total. The highest BCUT2D eigenvalue weighted by Gasteiger charge is 2.12. The van der Waals surface area contributed by atoms with Gasteiger partial charge >= 0.3 is 0 Å².